The van der Waals surface area contributed by atoms with Crippen LogP contribution in [-0.4, -0.2) is 36.5 Å². The Bertz CT molecular complexity index is 991. The quantitative estimate of drug-likeness (QED) is 0.487. The number of ether oxygens (including phenoxy) is 1. The van der Waals surface area contributed by atoms with Crippen molar-refractivity contribution in [2.45, 2.75) is 64.9 Å². The van der Waals surface area contributed by atoms with Crippen molar-refractivity contribution in [1.82, 2.24) is 4.90 Å². The van der Waals surface area contributed by atoms with E-state index in [1.54, 1.807) is 12.1 Å². The van der Waals surface area contributed by atoms with Gasteiger partial charge < -0.3 is 20.7 Å². The molecule has 2 aromatic rings. The van der Waals surface area contributed by atoms with Gasteiger partial charge in [0.1, 0.15) is 11.9 Å². The summed E-state index contributed by atoms with van der Waals surface area (Å²) in [5, 5.41) is 2.88. The van der Waals surface area contributed by atoms with Crippen molar-refractivity contribution in [3.63, 3.8) is 0 Å². The first-order valence-corrected chi connectivity index (χ1v) is 13.2. The molecule has 1 amide bonds. The maximum absolute atomic E-state index is 12.6. The largest absolute Gasteiger partial charge is 0.490 e. The lowest BCUT2D eigenvalue weighted by molar-refractivity contribution is -0.0740. The van der Waals surface area contributed by atoms with E-state index in [1.807, 2.05) is 36.4 Å². The topological polar surface area (TPSA) is 67.6 Å². The molecule has 35 heavy (non-hydrogen) atoms. The number of hydrogen-bond acceptors (Lipinski definition) is 4. The standard InChI is InChI=1S/C29H37N3O2.CH4/c30-26-3-1-2-4-27(26)31-28(33)23-5-7-24(8-6-23)34-25-9-11-32(12-10-25)19-29-16-20-13-21(17-29)15-22(14-20)18-29;/h1-8,20-22,25H,9-19,30H2,(H,31,33);1H4. The molecule has 1 heterocycles. The number of piperidine rings is 1. The number of nitrogen functional groups attached to an aromatic ring is 1. The number of anilines is 2. The van der Waals surface area contributed by atoms with Crippen LogP contribution in [0.5, 0.6) is 5.75 Å². The molecule has 5 nitrogen and oxygen atoms in total. The van der Waals surface area contributed by atoms with Crippen molar-refractivity contribution in [3.8, 4) is 5.75 Å². The molecular formula is C30H41N3O2. The zero-order chi connectivity index (χ0) is 23.1. The predicted molar refractivity (Wildman–Crippen MR) is 143 cm³/mol. The Morgan fingerprint density at radius 3 is 2.14 bits per heavy atom. The third kappa shape index (κ3) is 5.20. The minimum Gasteiger partial charge on any atom is -0.490 e. The molecule has 1 aliphatic heterocycles. The van der Waals surface area contributed by atoms with Crippen LogP contribution in [0.4, 0.5) is 11.4 Å². The number of nitrogens with zero attached hydrogens (tertiary/aromatic N) is 1. The summed E-state index contributed by atoms with van der Waals surface area (Å²) in [5.74, 6) is 3.77. The number of nitrogens with two attached hydrogens (primary N) is 1. The van der Waals surface area contributed by atoms with E-state index in [-0.39, 0.29) is 19.4 Å². The third-order valence-electron chi connectivity index (χ3n) is 8.89. The SMILES string of the molecule is C.Nc1ccccc1NC(=O)c1ccc(OC2CCN(CC34CC5CC(CC(C5)C3)C4)CC2)cc1. The van der Waals surface area contributed by atoms with E-state index in [2.05, 4.69) is 10.2 Å². The van der Waals surface area contributed by atoms with Crippen LogP contribution < -0.4 is 15.8 Å². The van der Waals surface area contributed by atoms with Crippen molar-refractivity contribution in [1.29, 1.82) is 0 Å². The highest BCUT2D eigenvalue weighted by molar-refractivity contribution is 6.05. The van der Waals surface area contributed by atoms with E-state index in [0.717, 1.165) is 49.4 Å². The number of carbonyl (C=O) groups excluding carboxylic acids is 1. The van der Waals surface area contributed by atoms with Crippen molar-refractivity contribution >= 4 is 17.3 Å². The molecule has 188 valence electrons. The Hall–Kier alpha value is -2.53. The highest BCUT2D eigenvalue weighted by Gasteiger charge is 2.51. The van der Waals surface area contributed by atoms with E-state index < -0.39 is 0 Å². The lowest BCUT2D eigenvalue weighted by Gasteiger charge is -2.58. The fourth-order valence-corrected chi connectivity index (χ4v) is 7.83. The van der Waals surface area contributed by atoms with Crippen molar-refractivity contribution < 1.29 is 9.53 Å². The van der Waals surface area contributed by atoms with Gasteiger partial charge in [-0.25, -0.2) is 0 Å². The summed E-state index contributed by atoms with van der Waals surface area (Å²) in [6.07, 6.45) is 11.5. The Kier molecular flexibility index (Phi) is 6.80. The molecule has 5 fully saturated rings. The number of rotatable bonds is 6. The molecule has 0 unspecified atom stereocenters. The maximum Gasteiger partial charge on any atom is 0.255 e. The maximum atomic E-state index is 12.6. The van der Waals surface area contributed by atoms with E-state index in [0.29, 0.717) is 22.4 Å². The summed E-state index contributed by atoms with van der Waals surface area (Å²) in [6.45, 7) is 3.61. The number of hydrogen-bond donors (Lipinski definition) is 2. The lowest BCUT2D eigenvalue weighted by Crippen LogP contribution is -2.52. The molecular weight excluding hydrogens is 434 g/mol. The molecule has 5 aliphatic rings. The summed E-state index contributed by atoms with van der Waals surface area (Å²) < 4.78 is 6.29. The highest BCUT2D eigenvalue weighted by atomic mass is 16.5. The normalized spacial score (nSPS) is 30.0. The molecule has 4 saturated carbocycles. The number of carbonyl (C=O) groups is 1. The van der Waals surface area contributed by atoms with E-state index in [1.165, 1.54) is 45.1 Å². The zero-order valence-corrected chi connectivity index (χ0v) is 20.0. The number of benzene rings is 2. The van der Waals surface area contributed by atoms with Gasteiger partial charge in [0.25, 0.3) is 5.91 Å². The second-order valence-electron chi connectivity index (χ2n) is 11.6. The first-order valence-electron chi connectivity index (χ1n) is 13.2. The number of amides is 1. The summed E-state index contributed by atoms with van der Waals surface area (Å²) in [5.41, 5.74) is 8.35. The van der Waals surface area contributed by atoms with Crippen LogP contribution in [0.2, 0.25) is 0 Å². The van der Waals surface area contributed by atoms with Crippen LogP contribution in [0, 0.1) is 23.2 Å². The van der Waals surface area contributed by atoms with Crippen molar-refractivity contribution in [2.75, 3.05) is 30.7 Å². The zero-order valence-electron chi connectivity index (χ0n) is 20.0. The molecule has 2 aromatic carbocycles. The van der Waals surface area contributed by atoms with Gasteiger partial charge in [0.15, 0.2) is 0 Å². The molecule has 4 bridgehead atoms. The van der Waals surface area contributed by atoms with Gasteiger partial charge in [-0.15, -0.1) is 0 Å². The summed E-state index contributed by atoms with van der Waals surface area (Å²) >= 11 is 0. The number of para-hydroxylation sites is 2. The molecule has 0 spiro atoms. The van der Waals surface area contributed by atoms with Gasteiger partial charge in [0, 0.05) is 25.2 Å². The summed E-state index contributed by atoms with van der Waals surface area (Å²) in [7, 11) is 0. The van der Waals surface area contributed by atoms with Gasteiger partial charge in [-0.1, -0.05) is 19.6 Å². The van der Waals surface area contributed by atoms with Crippen LogP contribution in [0.15, 0.2) is 48.5 Å². The van der Waals surface area contributed by atoms with Gasteiger partial charge >= 0.3 is 0 Å². The monoisotopic (exact) mass is 475 g/mol. The minimum absolute atomic E-state index is 0. The number of nitrogens with one attached hydrogen (secondary N) is 1. The Morgan fingerprint density at radius 2 is 1.54 bits per heavy atom. The Labute approximate surface area is 210 Å². The molecule has 0 aromatic heterocycles. The Balaban J connectivity index is 0.00000253. The molecule has 1 saturated heterocycles. The van der Waals surface area contributed by atoms with Gasteiger partial charge in [0.2, 0.25) is 0 Å². The third-order valence-corrected chi connectivity index (χ3v) is 8.89. The molecule has 5 heteroatoms. The van der Waals surface area contributed by atoms with E-state index in [9.17, 15) is 4.79 Å². The highest BCUT2D eigenvalue weighted by Crippen LogP contribution is 2.60. The van der Waals surface area contributed by atoms with E-state index in [4.69, 9.17) is 10.5 Å². The van der Waals surface area contributed by atoms with Gasteiger partial charge in [-0.2, -0.15) is 0 Å². The average molecular weight is 476 g/mol. The van der Waals surface area contributed by atoms with Crippen LogP contribution in [-0.2, 0) is 0 Å². The minimum atomic E-state index is -0.164. The van der Waals surface area contributed by atoms with Crippen molar-refractivity contribution in [2.24, 2.45) is 23.2 Å². The van der Waals surface area contributed by atoms with Crippen molar-refractivity contribution in [3.05, 3.63) is 54.1 Å². The molecule has 0 radical (unpaired) electrons. The first kappa shape index (κ1) is 24.2. The first-order chi connectivity index (χ1) is 16.5. The lowest BCUT2D eigenvalue weighted by atomic mass is 9.49. The predicted octanol–water partition coefficient (Wildman–Crippen LogP) is 6.22. The van der Waals surface area contributed by atoms with E-state index >= 15 is 0 Å². The van der Waals surface area contributed by atoms with Crippen LogP contribution in [0.1, 0.15) is 69.2 Å². The number of likely N-dealkylation sites (tertiary alicyclic amines) is 1. The Morgan fingerprint density at radius 1 is 0.943 bits per heavy atom. The van der Waals surface area contributed by atoms with Gasteiger partial charge in [-0.3, -0.25) is 4.79 Å². The fourth-order valence-electron chi connectivity index (χ4n) is 7.83. The van der Waals surface area contributed by atoms with Crippen LogP contribution in [0.3, 0.4) is 0 Å². The molecule has 4 aliphatic carbocycles. The van der Waals surface area contributed by atoms with Gasteiger partial charge in [0.05, 0.1) is 11.4 Å². The molecule has 0 atom stereocenters. The summed E-state index contributed by atoms with van der Waals surface area (Å²) in [4.78, 5) is 15.3. The van der Waals surface area contributed by atoms with Crippen LogP contribution in [0.25, 0.3) is 0 Å². The van der Waals surface area contributed by atoms with Gasteiger partial charge in [-0.05, 0) is 111 Å². The average Bonchev–Trinajstić information content (AvgIpc) is 2.81. The smallest absolute Gasteiger partial charge is 0.255 e. The second kappa shape index (κ2) is 9.85. The second-order valence-corrected chi connectivity index (χ2v) is 11.6. The molecule has 3 N–H and O–H groups in total. The fraction of sp³-hybridized carbons (Fsp3) is 0.567. The summed E-state index contributed by atoms with van der Waals surface area (Å²) in [6, 6.07) is 14.8. The molecule has 7 rings (SSSR count). The van der Waals surface area contributed by atoms with Crippen LogP contribution >= 0.6 is 0 Å².